The highest BCUT2D eigenvalue weighted by atomic mass is 32.2. The first-order valence-electron chi connectivity index (χ1n) is 8.25. The van der Waals surface area contributed by atoms with E-state index in [1.54, 1.807) is 24.9 Å². The molecule has 0 aliphatic rings. The molecule has 0 radical (unpaired) electrons. The maximum atomic E-state index is 12.0. The molecule has 0 unspecified atom stereocenters. The highest BCUT2D eigenvalue weighted by Gasteiger charge is 2.09. The first-order chi connectivity index (χ1) is 12.5. The third kappa shape index (κ3) is 6.20. The molecule has 0 saturated carbocycles. The van der Waals surface area contributed by atoms with Gasteiger partial charge in [-0.1, -0.05) is 23.9 Å². The summed E-state index contributed by atoms with van der Waals surface area (Å²) in [5.41, 5.74) is 0.930. The molecule has 1 amide bonds. The Bertz CT molecular complexity index is 741. The van der Waals surface area contributed by atoms with E-state index in [0.29, 0.717) is 6.54 Å². The summed E-state index contributed by atoms with van der Waals surface area (Å²) in [6.45, 7) is 1.31. The summed E-state index contributed by atoms with van der Waals surface area (Å²) in [6.07, 6.45) is 3.26. The monoisotopic (exact) mass is 375 g/mol. The van der Waals surface area contributed by atoms with Crippen LogP contribution in [-0.2, 0) is 18.4 Å². The Morgan fingerprint density at radius 2 is 2.04 bits per heavy atom. The van der Waals surface area contributed by atoms with E-state index >= 15 is 0 Å². The molecule has 1 heterocycles. The first kappa shape index (κ1) is 20.0. The normalized spacial score (nSPS) is 11.3. The molecule has 2 rings (SSSR count). The Hall–Kier alpha value is -2.32. The Morgan fingerprint density at radius 1 is 1.31 bits per heavy atom. The molecule has 0 spiro atoms. The van der Waals surface area contributed by atoms with E-state index in [9.17, 15) is 4.79 Å². The molecule has 0 aliphatic carbocycles. The molecule has 1 aromatic heterocycles. The van der Waals surface area contributed by atoms with Crippen LogP contribution in [0.3, 0.4) is 0 Å². The zero-order valence-electron chi connectivity index (χ0n) is 15.6. The molecule has 0 bridgehead atoms. The smallest absolute Gasteiger partial charge is 0.244 e. The van der Waals surface area contributed by atoms with Gasteiger partial charge in [0.2, 0.25) is 5.91 Å². The van der Waals surface area contributed by atoms with Crippen molar-refractivity contribution >= 4 is 23.7 Å². The fraction of sp³-hybridized carbons (Fsp3) is 0.389. The lowest BCUT2D eigenvalue weighted by atomic mass is 10.2. The van der Waals surface area contributed by atoms with E-state index in [2.05, 4.69) is 20.4 Å². The second kappa shape index (κ2) is 9.98. The molecule has 1 aromatic carbocycles. The second-order valence-electron chi connectivity index (χ2n) is 5.93. The van der Waals surface area contributed by atoms with Crippen molar-refractivity contribution < 1.29 is 9.53 Å². The molecule has 140 valence electrons. The van der Waals surface area contributed by atoms with Crippen LogP contribution in [0.25, 0.3) is 6.08 Å². The van der Waals surface area contributed by atoms with Crippen molar-refractivity contribution in [3.05, 3.63) is 41.7 Å². The molecule has 8 heteroatoms. The first-order valence-corrected chi connectivity index (χ1v) is 9.24. The number of benzene rings is 1. The zero-order valence-corrected chi connectivity index (χ0v) is 16.4. The van der Waals surface area contributed by atoms with Gasteiger partial charge >= 0.3 is 0 Å². The average molecular weight is 375 g/mol. The SMILES string of the molecule is COc1ccc(/C=C/C(=O)NCc2nnc(SCCN(C)C)n2C)cc1. The van der Waals surface area contributed by atoms with Crippen molar-refractivity contribution in [3.63, 3.8) is 0 Å². The summed E-state index contributed by atoms with van der Waals surface area (Å²) in [5, 5.41) is 12.0. The quantitative estimate of drug-likeness (QED) is 0.532. The van der Waals surface area contributed by atoms with Crippen molar-refractivity contribution in [2.24, 2.45) is 7.05 Å². The maximum Gasteiger partial charge on any atom is 0.244 e. The van der Waals surface area contributed by atoms with Gasteiger partial charge in [-0.15, -0.1) is 10.2 Å². The minimum atomic E-state index is -0.175. The van der Waals surface area contributed by atoms with Crippen molar-refractivity contribution in [3.8, 4) is 5.75 Å². The van der Waals surface area contributed by atoms with Crippen molar-refractivity contribution in [2.45, 2.75) is 11.7 Å². The maximum absolute atomic E-state index is 12.0. The summed E-state index contributed by atoms with van der Waals surface area (Å²) in [5.74, 6) is 2.28. The third-order valence-electron chi connectivity index (χ3n) is 3.66. The van der Waals surface area contributed by atoms with E-state index in [-0.39, 0.29) is 5.91 Å². The van der Waals surface area contributed by atoms with Crippen LogP contribution >= 0.6 is 11.8 Å². The summed E-state index contributed by atoms with van der Waals surface area (Å²) < 4.78 is 7.02. The summed E-state index contributed by atoms with van der Waals surface area (Å²) in [7, 11) is 7.61. The molecule has 7 nitrogen and oxygen atoms in total. The number of methoxy groups -OCH3 is 1. The van der Waals surface area contributed by atoms with Gasteiger partial charge < -0.3 is 19.5 Å². The van der Waals surface area contributed by atoms with Crippen LogP contribution < -0.4 is 10.1 Å². The molecular formula is C18H25N5O2S. The van der Waals surface area contributed by atoms with Crippen molar-refractivity contribution in [1.82, 2.24) is 25.0 Å². The Balaban J connectivity index is 1.83. The fourth-order valence-electron chi connectivity index (χ4n) is 2.06. The number of hydrogen-bond donors (Lipinski definition) is 1. The van der Waals surface area contributed by atoms with Gasteiger partial charge in [-0.25, -0.2) is 0 Å². The van der Waals surface area contributed by atoms with Gasteiger partial charge in [-0.05, 0) is 37.9 Å². The molecule has 0 aliphatic heterocycles. The van der Waals surface area contributed by atoms with Crippen LogP contribution in [0.4, 0.5) is 0 Å². The van der Waals surface area contributed by atoms with Crippen LogP contribution in [0.1, 0.15) is 11.4 Å². The number of carbonyl (C=O) groups is 1. The van der Waals surface area contributed by atoms with Crippen LogP contribution in [0.5, 0.6) is 5.75 Å². The van der Waals surface area contributed by atoms with Crippen LogP contribution in [-0.4, -0.2) is 59.1 Å². The van der Waals surface area contributed by atoms with Crippen LogP contribution in [0.2, 0.25) is 0 Å². The predicted molar refractivity (Wildman–Crippen MR) is 104 cm³/mol. The van der Waals surface area contributed by atoms with Gasteiger partial charge in [-0.2, -0.15) is 0 Å². The molecule has 26 heavy (non-hydrogen) atoms. The minimum Gasteiger partial charge on any atom is -0.497 e. The number of thioether (sulfide) groups is 1. The van der Waals surface area contributed by atoms with Crippen molar-refractivity contribution in [1.29, 1.82) is 0 Å². The highest BCUT2D eigenvalue weighted by Crippen LogP contribution is 2.15. The van der Waals surface area contributed by atoms with Gasteiger partial charge in [-0.3, -0.25) is 4.79 Å². The standard InChI is InChI=1S/C18H25N5O2S/c1-22(2)11-12-26-18-21-20-16(23(18)3)13-19-17(24)10-7-14-5-8-15(25-4)9-6-14/h5-10H,11-13H2,1-4H3,(H,19,24)/b10-7+. The molecule has 0 atom stereocenters. The lowest BCUT2D eigenvalue weighted by Gasteiger charge is -2.08. The van der Waals surface area contributed by atoms with E-state index in [1.165, 1.54) is 6.08 Å². The number of rotatable bonds is 9. The molecule has 1 N–H and O–H groups in total. The molecule has 0 fully saturated rings. The summed E-state index contributed by atoms with van der Waals surface area (Å²) in [4.78, 5) is 14.1. The number of hydrogen-bond acceptors (Lipinski definition) is 6. The highest BCUT2D eigenvalue weighted by molar-refractivity contribution is 7.99. The molecular weight excluding hydrogens is 350 g/mol. The third-order valence-corrected chi connectivity index (χ3v) is 4.66. The zero-order chi connectivity index (χ0) is 18.9. The molecule has 2 aromatic rings. The summed E-state index contributed by atoms with van der Waals surface area (Å²) >= 11 is 1.65. The van der Waals surface area contributed by atoms with Crippen LogP contribution in [0.15, 0.2) is 35.5 Å². The van der Waals surface area contributed by atoms with Gasteiger partial charge in [0, 0.05) is 25.4 Å². The largest absolute Gasteiger partial charge is 0.497 e. The topological polar surface area (TPSA) is 72.3 Å². The number of aromatic nitrogens is 3. The Morgan fingerprint density at radius 3 is 2.69 bits per heavy atom. The number of nitrogens with one attached hydrogen (secondary N) is 1. The Labute approximate surface area is 158 Å². The predicted octanol–water partition coefficient (Wildman–Crippen LogP) is 1.81. The van der Waals surface area contributed by atoms with E-state index < -0.39 is 0 Å². The van der Waals surface area contributed by atoms with Crippen LogP contribution in [0, 0.1) is 0 Å². The Kier molecular flexibility index (Phi) is 7.68. The second-order valence-corrected chi connectivity index (χ2v) is 7.00. The average Bonchev–Trinajstić information content (AvgIpc) is 2.98. The van der Waals surface area contributed by atoms with Gasteiger partial charge in [0.1, 0.15) is 5.75 Å². The van der Waals surface area contributed by atoms with Gasteiger partial charge in [0.15, 0.2) is 11.0 Å². The van der Waals surface area contributed by atoms with Gasteiger partial charge in [0.25, 0.3) is 0 Å². The number of carbonyl (C=O) groups excluding carboxylic acids is 1. The number of ether oxygens (including phenoxy) is 1. The lowest BCUT2D eigenvalue weighted by molar-refractivity contribution is -0.116. The summed E-state index contributed by atoms with van der Waals surface area (Å²) in [6, 6.07) is 7.49. The lowest BCUT2D eigenvalue weighted by Crippen LogP contribution is -2.22. The number of amides is 1. The van der Waals surface area contributed by atoms with Crippen molar-refractivity contribution in [2.75, 3.05) is 33.5 Å². The number of nitrogens with zero attached hydrogens (tertiary/aromatic N) is 4. The van der Waals surface area contributed by atoms with E-state index in [0.717, 1.165) is 34.6 Å². The molecule has 0 saturated heterocycles. The fourth-order valence-corrected chi connectivity index (χ4v) is 3.09. The van der Waals surface area contributed by atoms with Gasteiger partial charge in [0.05, 0.1) is 13.7 Å². The van der Waals surface area contributed by atoms with E-state index in [1.807, 2.05) is 50.0 Å². The van der Waals surface area contributed by atoms with E-state index in [4.69, 9.17) is 4.74 Å². The minimum absolute atomic E-state index is 0.175.